The summed E-state index contributed by atoms with van der Waals surface area (Å²) in [7, 11) is 0. The first-order valence-electron chi connectivity index (χ1n) is 5.72. The Bertz CT molecular complexity index is 478. The Hall–Kier alpha value is -1.51. The first-order chi connectivity index (χ1) is 8.60. The molecule has 2 rings (SSSR count). The van der Waals surface area contributed by atoms with Crippen LogP contribution >= 0.6 is 0 Å². The van der Waals surface area contributed by atoms with Gasteiger partial charge in [-0.2, -0.15) is 5.26 Å². The van der Waals surface area contributed by atoms with Gasteiger partial charge in [0.25, 0.3) is 0 Å². The SMILES string of the molecule is N#CC1(C(O)c2cccc(F)c2F)CCOCC1. The number of nitrogens with zero attached hydrogens (tertiary/aromatic N) is 1. The van der Waals surface area contributed by atoms with Crippen molar-refractivity contribution in [2.24, 2.45) is 5.41 Å². The van der Waals surface area contributed by atoms with Gasteiger partial charge in [0.15, 0.2) is 11.6 Å². The van der Waals surface area contributed by atoms with Crippen LogP contribution < -0.4 is 0 Å². The fraction of sp³-hybridized carbons (Fsp3) is 0.462. The molecule has 5 heteroatoms. The van der Waals surface area contributed by atoms with E-state index in [2.05, 4.69) is 0 Å². The van der Waals surface area contributed by atoms with Crippen LogP contribution in [0.4, 0.5) is 8.78 Å². The molecule has 1 unspecified atom stereocenters. The number of rotatable bonds is 2. The van der Waals surface area contributed by atoms with Crippen molar-refractivity contribution in [1.82, 2.24) is 0 Å². The van der Waals surface area contributed by atoms with Crippen molar-refractivity contribution >= 4 is 0 Å². The van der Waals surface area contributed by atoms with Crippen molar-refractivity contribution in [2.45, 2.75) is 18.9 Å². The van der Waals surface area contributed by atoms with Gasteiger partial charge in [0, 0.05) is 18.8 Å². The molecule has 1 atom stereocenters. The van der Waals surface area contributed by atoms with Crippen molar-refractivity contribution in [3.05, 3.63) is 35.4 Å². The summed E-state index contributed by atoms with van der Waals surface area (Å²) in [5, 5.41) is 19.5. The van der Waals surface area contributed by atoms with Gasteiger partial charge < -0.3 is 9.84 Å². The van der Waals surface area contributed by atoms with Crippen molar-refractivity contribution < 1.29 is 18.6 Å². The summed E-state index contributed by atoms with van der Waals surface area (Å²) in [6, 6.07) is 5.65. The number of nitriles is 1. The normalized spacial score (nSPS) is 20.1. The highest BCUT2D eigenvalue weighted by atomic mass is 19.2. The number of ether oxygens (including phenoxy) is 1. The van der Waals surface area contributed by atoms with Gasteiger partial charge in [-0.3, -0.25) is 0 Å². The van der Waals surface area contributed by atoms with Crippen LogP contribution in [0.1, 0.15) is 24.5 Å². The Morgan fingerprint density at radius 1 is 1.33 bits per heavy atom. The molecule has 96 valence electrons. The molecule has 1 N–H and O–H groups in total. The largest absolute Gasteiger partial charge is 0.387 e. The molecular weight excluding hydrogens is 240 g/mol. The summed E-state index contributed by atoms with van der Waals surface area (Å²) in [6.07, 6.45) is -0.733. The minimum Gasteiger partial charge on any atom is -0.387 e. The Labute approximate surface area is 104 Å². The van der Waals surface area contributed by atoms with Gasteiger partial charge in [0.05, 0.1) is 11.5 Å². The summed E-state index contributed by atoms with van der Waals surface area (Å²) >= 11 is 0. The van der Waals surface area contributed by atoms with E-state index in [0.29, 0.717) is 26.1 Å². The third kappa shape index (κ3) is 2.09. The molecule has 1 saturated heterocycles. The first kappa shape index (κ1) is 12.9. The molecule has 0 aromatic heterocycles. The van der Waals surface area contributed by atoms with Crippen molar-refractivity contribution in [3.63, 3.8) is 0 Å². The molecule has 1 fully saturated rings. The average molecular weight is 253 g/mol. The smallest absolute Gasteiger partial charge is 0.164 e. The van der Waals surface area contributed by atoms with Gasteiger partial charge >= 0.3 is 0 Å². The van der Waals surface area contributed by atoms with E-state index in [1.165, 1.54) is 12.1 Å². The Balaban J connectivity index is 2.37. The summed E-state index contributed by atoms with van der Waals surface area (Å²) < 4.78 is 31.9. The lowest BCUT2D eigenvalue weighted by atomic mass is 9.74. The van der Waals surface area contributed by atoms with Crippen LogP contribution in [0, 0.1) is 28.4 Å². The minimum atomic E-state index is -1.35. The molecule has 0 radical (unpaired) electrons. The third-order valence-electron chi connectivity index (χ3n) is 3.41. The highest BCUT2D eigenvalue weighted by molar-refractivity contribution is 5.26. The van der Waals surface area contributed by atoms with E-state index in [1.807, 2.05) is 6.07 Å². The number of hydrogen-bond acceptors (Lipinski definition) is 3. The van der Waals surface area contributed by atoms with E-state index in [1.54, 1.807) is 0 Å². The molecule has 1 aromatic rings. The number of benzene rings is 1. The average Bonchev–Trinajstić information content (AvgIpc) is 2.42. The predicted molar refractivity (Wildman–Crippen MR) is 59.4 cm³/mol. The van der Waals surface area contributed by atoms with Gasteiger partial charge in [-0.15, -0.1) is 0 Å². The summed E-state index contributed by atoms with van der Waals surface area (Å²) in [4.78, 5) is 0. The second-order valence-corrected chi connectivity index (χ2v) is 4.43. The molecule has 1 heterocycles. The fourth-order valence-electron chi connectivity index (χ4n) is 2.21. The third-order valence-corrected chi connectivity index (χ3v) is 3.41. The van der Waals surface area contributed by atoms with Crippen molar-refractivity contribution in [2.75, 3.05) is 13.2 Å². The molecule has 1 aliphatic rings. The predicted octanol–water partition coefficient (Wildman–Crippen LogP) is 2.32. The van der Waals surface area contributed by atoms with Crippen LogP contribution in [0.5, 0.6) is 0 Å². The zero-order valence-electron chi connectivity index (χ0n) is 9.70. The van der Waals surface area contributed by atoms with Crippen LogP contribution in [0.15, 0.2) is 18.2 Å². The molecular formula is C13H13F2NO2. The molecule has 18 heavy (non-hydrogen) atoms. The summed E-state index contributed by atoms with van der Waals surface area (Å²) in [5.74, 6) is -2.11. The van der Waals surface area contributed by atoms with Gasteiger partial charge in [0.1, 0.15) is 6.10 Å². The Morgan fingerprint density at radius 3 is 2.61 bits per heavy atom. The van der Waals surface area contributed by atoms with Gasteiger partial charge in [0.2, 0.25) is 0 Å². The fourth-order valence-corrected chi connectivity index (χ4v) is 2.21. The summed E-state index contributed by atoms with van der Waals surface area (Å²) in [6.45, 7) is 0.670. The molecule has 0 spiro atoms. The maximum atomic E-state index is 13.6. The van der Waals surface area contributed by atoms with Crippen LogP contribution in [-0.2, 0) is 4.74 Å². The van der Waals surface area contributed by atoms with E-state index in [4.69, 9.17) is 4.74 Å². The molecule has 0 bridgehead atoms. The van der Waals surface area contributed by atoms with E-state index >= 15 is 0 Å². The van der Waals surface area contributed by atoms with Crippen LogP contribution in [0.2, 0.25) is 0 Å². The zero-order chi connectivity index (χ0) is 13.2. The lowest BCUT2D eigenvalue weighted by molar-refractivity contribution is -0.0324. The number of aliphatic hydroxyl groups is 1. The molecule has 3 nitrogen and oxygen atoms in total. The van der Waals surface area contributed by atoms with Gasteiger partial charge in [-0.25, -0.2) is 8.78 Å². The second kappa shape index (κ2) is 5.01. The Kier molecular flexibility index (Phi) is 3.60. The van der Waals surface area contributed by atoms with Crippen molar-refractivity contribution in [3.8, 4) is 6.07 Å². The summed E-state index contributed by atoms with van der Waals surface area (Å²) in [5.41, 5.74) is -1.27. The molecule has 0 aliphatic carbocycles. The zero-order valence-corrected chi connectivity index (χ0v) is 9.70. The minimum absolute atomic E-state index is 0.168. The topological polar surface area (TPSA) is 53.2 Å². The van der Waals surface area contributed by atoms with Gasteiger partial charge in [-0.05, 0) is 18.9 Å². The number of aliphatic hydroxyl groups excluding tert-OH is 1. The number of hydrogen-bond donors (Lipinski definition) is 1. The highest BCUT2D eigenvalue weighted by Crippen LogP contribution is 2.42. The number of halogens is 2. The molecule has 0 amide bonds. The van der Waals surface area contributed by atoms with E-state index < -0.39 is 23.2 Å². The lowest BCUT2D eigenvalue weighted by Crippen LogP contribution is -2.34. The monoisotopic (exact) mass is 253 g/mol. The highest BCUT2D eigenvalue weighted by Gasteiger charge is 2.42. The van der Waals surface area contributed by atoms with E-state index in [-0.39, 0.29) is 5.56 Å². The van der Waals surface area contributed by atoms with E-state index in [0.717, 1.165) is 6.07 Å². The van der Waals surface area contributed by atoms with Crippen LogP contribution in [0.25, 0.3) is 0 Å². The lowest BCUT2D eigenvalue weighted by Gasteiger charge is -2.35. The quantitative estimate of drug-likeness (QED) is 0.880. The van der Waals surface area contributed by atoms with Gasteiger partial charge in [-0.1, -0.05) is 12.1 Å². The van der Waals surface area contributed by atoms with Crippen molar-refractivity contribution in [1.29, 1.82) is 5.26 Å². The van der Waals surface area contributed by atoms with Crippen LogP contribution in [-0.4, -0.2) is 18.3 Å². The standard InChI is InChI=1S/C13H13F2NO2/c14-10-3-1-2-9(11(10)15)12(17)13(8-16)4-6-18-7-5-13/h1-3,12,17H,4-7H2. The Morgan fingerprint density at radius 2 is 2.00 bits per heavy atom. The molecule has 0 saturated carbocycles. The first-order valence-corrected chi connectivity index (χ1v) is 5.72. The second-order valence-electron chi connectivity index (χ2n) is 4.43. The van der Waals surface area contributed by atoms with Crippen LogP contribution in [0.3, 0.4) is 0 Å². The maximum Gasteiger partial charge on any atom is 0.164 e. The maximum absolute atomic E-state index is 13.6. The molecule has 1 aliphatic heterocycles. The van der Waals surface area contributed by atoms with E-state index in [9.17, 15) is 19.1 Å². The molecule has 1 aromatic carbocycles.